The van der Waals surface area contributed by atoms with E-state index in [4.69, 9.17) is 26.3 Å². The highest BCUT2D eigenvalue weighted by molar-refractivity contribution is 8.70. The minimum atomic E-state index is -2.02. The number of rotatable bonds is 1. The third-order valence-corrected chi connectivity index (χ3v) is 11.1. The van der Waals surface area contributed by atoms with E-state index in [9.17, 15) is 0 Å². The lowest BCUT2D eigenvalue weighted by Gasteiger charge is -2.37. The number of hydrogen-bond acceptors (Lipinski definition) is 5. The molecule has 0 radical (unpaired) electrons. The van der Waals surface area contributed by atoms with Crippen LogP contribution in [-0.2, 0) is 29.5 Å². The van der Waals surface area contributed by atoms with Crippen molar-refractivity contribution >= 4 is 40.4 Å². The van der Waals surface area contributed by atoms with Crippen LogP contribution in [-0.4, -0.2) is 59.9 Å². The van der Waals surface area contributed by atoms with Crippen molar-refractivity contribution in [3.05, 3.63) is 11.5 Å². The molecular weight excluding hydrogens is 337 g/mol. The molecule has 0 aromatic carbocycles. The Labute approximate surface area is 139 Å². The van der Waals surface area contributed by atoms with Gasteiger partial charge in [-0.25, -0.2) is 9.75 Å². The molecule has 1 aromatic heterocycles. The topological polar surface area (TPSA) is 45.9 Å². The van der Waals surface area contributed by atoms with Gasteiger partial charge in [0.2, 0.25) is 5.54 Å². The second-order valence-electron chi connectivity index (χ2n) is 5.68. The third-order valence-electron chi connectivity index (χ3n) is 4.48. The Morgan fingerprint density at radius 2 is 2.05 bits per heavy atom. The Morgan fingerprint density at radius 3 is 2.77 bits per heavy atom. The van der Waals surface area contributed by atoms with Gasteiger partial charge in [0.1, 0.15) is 11.5 Å². The van der Waals surface area contributed by atoms with Gasteiger partial charge in [0, 0.05) is 33.1 Å². The van der Waals surface area contributed by atoms with Crippen LogP contribution >= 0.6 is 16.9 Å². The number of fused-ring (bicyclic) bond motifs is 3. The standard InChI is InChI=1S/C13H20N5OPS2/c1-16-12-11(18-5-3-4-10(18)14-12)13(15-20(16,21)22-2)17-6-8-19-9-7-17/h3-9H2,1-2H3/t20-/m0/s1. The van der Waals surface area contributed by atoms with Gasteiger partial charge in [-0.15, -0.1) is 0 Å². The van der Waals surface area contributed by atoms with Gasteiger partial charge in [-0.05, 0) is 24.5 Å². The summed E-state index contributed by atoms with van der Waals surface area (Å²) < 4.78 is 15.1. The molecule has 1 atom stereocenters. The number of ether oxygens (including phenoxy) is 1. The number of amidine groups is 1. The van der Waals surface area contributed by atoms with Gasteiger partial charge in [-0.3, -0.25) is 0 Å². The summed E-state index contributed by atoms with van der Waals surface area (Å²) in [4.78, 5) is 7.23. The molecule has 3 aliphatic rings. The Bertz CT molecular complexity index is 682. The van der Waals surface area contributed by atoms with E-state index in [0.29, 0.717) is 0 Å². The monoisotopic (exact) mass is 357 g/mol. The van der Waals surface area contributed by atoms with E-state index in [0.717, 1.165) is 50.9 Å². The maximum atomic E-state index is 5.91. The number of nitrogens with zero attached hydrogens (tertiary/aromatic N) is 5. The Hall–Kier alpha value is -0.560. The molecule has 22 heavy (non-hydrogen) atoms. The van der Waals surface area contributed by atoms with E-state index in [2.05, 4.69) is 27.4 Å². The van der Waals surface area contributed by atoms with Crippen molar-refractivity contribution in [2.75, 3.05) is 44.3 Å². The lowest BCUT2D eigenvalue weighted by Crippen LogP contribution is -2.43. The summed E-state index contributed by atoms with van der Waals surface area (Å²) in [5.74, 6) is 3.26. The van der Waals surface area contributed by atoms with Crippen molar-refractivity contribution in [2.45, 2.75) is 19.4 Å². The molecule has 0 amide bonds. The number of aromatic nitrogens is 2. The highest BCUT2D eigenvalue weighted by Crippen LogP contribution is 2.65. The maximum absolute atomic E-state index is 5.91. The van der Waals surface area contributed by atoms with Crippen LogP contribution in [0.4, 0.5) is 5.82 Å². The normalized spacial score (nSPS) is 27.6. The van der Waals surface area contributed by atoms with Crippen molar-refractivity contribution in [2.24, 2.45) is 4.76 Å². The molecule has 0 saturated carbocycles. The first kappa shape index (κ1) is 15.0. The third kappa shape index (κ3) is 2.15. The SMILES string of the molecule is CS[P@@]1(=S)N=C(N2CCOCC2)c2c(nc3n2CCC3)N1C. The molecule has 4 heterocycles. The van der Waals surface area contributed by atoms with Crippen LogP contribution in [0.2, 0.25) is 0 Å². The maximum Gasteiger partial charge on any atom is 0.200 e. The molecule has 0 spiro atoms. The van der Waals surface area contributed by atoms with Crippen molar-refractivity contribution in [1.82, 2.24) is 14.5 Å². The number of imidazole rings is 1. The zero-order valence-corrected chi connectivity index (χ0v) is 15.4. The van der Waals surface area contributed by atoms with Crippen LogP contribution in [0.25, 0.3) is 0 Å². The fourth-order valence-electron chi connectivity index (χ4n) is 3.26. The fourth-order valence-corrected chi connectivity index (χ4v) is 6.47. The molecule has 1 fully saturated rings. The number of morpholine rings is 1. The molecule has 0 unspecified atom stereocenters. The summed E-state index contributed by atoms with van der Waals surface area (Å²) in [6.07, 6.45) is 4.29. The molecule has 0 aliphatic carbocycles. The summed E-state index contributed by atoms with van der Waals surface area (Å²) in [5.41, 5.74) is -0.848. The van der Waals surface area contributed by atoms with Gasteiger partial charge >= 0.3 is 0 Å². The molecule has 3 aliphatic heterocycles. The molecule has 4 rings (SSSR count). The molecule has 0 bridgehead atoms. The minimum absolute atomic E-state index is 0.757. The van der Waals surface area contributed by atoms with Gasteiger partial charge in [0.25, 0.3) is 0 Å². The highest BCUT2D eigenvalue weighted by Gasteiger charge is 2.38. The predicted octanol–water partition coefficient (Wildman–Crippen LogP) is 1.95. The zero-order valence-electron chi connectivity index (χ0n) is 12.9. The zero-order chi connectivity index (χ0) is 15.3. The lowest BCUT2D eigenvalue weighted by atomic mass is 10.3. The highest BCUT2D eigenvalue weighted by atomic mass is 32.9. The van der Waals surface area contributed by atoms with Crippen LogP contribution < -0.4 is 4.67 Å². The van der Waals surface area contributed by atoms with Gasteiger partial charge in [0.05, 0.1) is 13.2 Å². The molecule has 120 valence electrons. The number of hydrogen-bond donors (Lipinski definition) is 0. The molecular formula is C13H20N5OPS2. The van der Waals surface area contributed by atoms with E-state index in [1.807, 2.05) is 0 Å². The summed E-state index contributed by atoms with van der Waals surface area (Å²) in [5, 5.41) is 0. The first-order valence-corrected chi connectivity index (χ1v) is 12.1. The summed E-state index contributed by atoms with van der Waals surface area (Å²) in [7, 11) is 2.05. The van der Waals surface area contributed by atoms with Crippen molar-refractivity contribution in [3.63, 3.8) is 0 Å². The van der Waals surface area contributed by atoms with Gasteiger partial charge in [-0.1, -0.05) is 11.4 Å². The summed E-state index contributed by atoms with van der Waals surface area (Å²) in [6.45, 7) is 4.32. The Kier molecular flexibility index (Phi) is 3.76. The Morgan fingerprint density at radius 1 is 1.27 bits per heavy atom. The van der Waals surface area contributed by atoms with Crippen LogP contribution in [0.15, 0.2) is 4.76 Å². The van der Waals surface area contributed by atoms with Crippen LogP contribution in [0.1, 0.15) is 17.9 Å². The van der Waals surface area contributed by atoms with Crippen LogP contribution in [0.3, 0.4) is 0 Å². The average molecular weight is 357 g/mol. The summed E-state index contributed by atoms with van der Waals surface area (Å²) in [6, 6.07) is 0. The van der Waals surface area contributed by atoms with Crippen molar-refractivity contribution < 1.29 is 4.74 Å². The molecule has 6 nitrogen and oxygen atoms in total. The quantitative estimate of drug-likeness (QED) is 0.716. The van der Waals surface area contributed by atoms with Gasteiger partial charge < -0.3 is 18.9 Å². The van der Waals surface area contributed by atoms with Gasteiger partial charge in [-0.2, -0.15) is 0 Å². The fraction of sp³-hybridized carbons (Fsp3) is 0.692. The second-order valence-corrected chi connectivity index (χ2v) is 12.7. The van der Waals surface area contributed by atoms with Gasteiger partial charge in [0.15, 0.2) is 11.7 Å². The molecule has 0 N–H and O–H groups in total. The van der Waals surface area contributed by atoms with E-state index in [-0.39, 0.29) is 0 Å². The van der Waals surface area contributed by atoms with E-state index in [1.54, 1.807) is 11.4 Å². The second kappa shape index (κ2) is 5.51. The van der Waals surface area contributed by atoms with Crippen molar-refractivity contribution in [1.29, 1.82) is 0 Å². The van der Waals surface area contributed by atoms with Crippen LogP contribution in [0, 0.1) is 0 Å². The van der Waals surface area contributed by atoms with Crippen LogP contribution in [0.5, 0.6) is 0 Å². The molecule has 9 heteroatoms. The summed E-state index contributed by atoms with van der Waals surface area (Å²) >= 11 is 7.60. The number of anilines is 1. The predicted molar refractivity (Wildman–Crippen MR) is 95.7 cm³/mol. The largest absolute Gasteiger partial charge is 0.378 e. The first-order chi connectivity index (χ1) is 10.6. The average Bonchev–Trinajstić information content (AvgIpc) is 3.13. The van der Waals surface area contributed by atoms with E-state index < -0.39 is 5.54 Å². The Balaban J connectivity index is 1.87. The van der Waals surface area contributed by atoms with Crippen molar-refractivity contribution in [3.8, 4) is 0 Å². The first-order valence-electron chi connectivity index (χ1n) is 7.57. The van der Waals surface area contributed by atoms with E-state index >= 15 is 0 Å². The van der Waals surface area contributed by atoms with E-state index in [1.165, 1.54) is 17.9 Å². The smallest absolute Gasteiger partial charge is 0.200 e. The lowest BCUT2D eigenvalue weighted by molar-refractivity contribution is 0.0682. The number of aryl methyl sites for hydroxylation is 1. The molecule has 1 saturated heterocycles. The minimum Gasteiger partial charge on any atom is -0.378 e. The molecule has 1 aromatic rings.